The molecule has 2 amide bonds. The average Bonchev–Trinajstić information content (AvgIpc) is 3.35. The van der Waals surface area contributed by atoms with Crippen LogP contribution in [0.15, 0.2) is 67.0 Å². The van der Waals surface area contributed by atoms with Crippen molar-refractivity contribution in [2.75, 3.05) is 19.7 Å². The zero-order valence-electron chi connectivity index (χ0n) is 18.6. The lowest BCUT2D eigenvalue weighted by Crippen LogP contribution is -2.47. The molecule has 4 rings (SSSR count). The fraction of sp³-hybridized carbons (Fsp3) is 0.308. The summed E-state index contributed by atoms with van der Waals surface area (Å²) < 4.78 is 7.70. The van der Waals surface area contributed by atoms with Gasteiger partial charge in [0.1, 0.15) is 5.75 Å². The summed E-state index contributed by atoms with van der Waals surface area (Å²) in [4.78, 5) is 27.0. The van der Waals surface area contributed by atoms with Crippen molar-refractivity contribution < 1.29 is 14.3 Å². The van der Waals surface area contributed by atoms with Crippen LogP contribution in [-0.4, -0.2) is 47.0 Å². The molecule has 6 heteroatoms. The molecule has 166 valence electrons. The van der Waals surface area contributed by atoms with Crippen LogP contribution in [0.25, 0.3) is 5.69 Å². The first-order valence-electron chi connectivity index (χ1n) is 11.0. The van der Waals surface area contributed by atoms with Gasteiger partial charge in [0.15, 0.2) is 6.61 Å². The van der Waals surface area contributed by atoms with Gasteiger partial charge in [0.25, 0.3) is 11.8 Å². The molecular weight excluding hydrogens is 402 g/mol. The maximum absolute atomic E-state index is 12.9. The molecule has 0 radical (unpaired) electrons. The number of piperidine rings is 1. The zero-order valence-corrected chi connectivity index (χ0v) is 18.6. The van der Waals surface area contributed by atoms with E-state index in [1.54, 1.807) is 0 Å². The topological polar surface area (TPSA) is 63.6 Å². The van der Waals surface area contributed by atoms with Crippen LogP contribution in [0.2, 0.25) is 0 Å². The lowest BCUT2D eigenvalue weighted by molar-refractivity contribution is -0.124. The first kappa shape index (κ1) is 21.7. The van der Waals surface area contributed by atoms with Crippen molar-refractivity contribution in [1.82, 2.24) is 14.8 Å². The maximum Gasteiger partial charge on any atom is 0.258 e. The standard InChI is InChI=1S/C26H29N3O3/c1-19-6-5-7-24(20(19)2)32-18-25(30)27-22-12-16-29(17-13-22)26(31)21-8-10-23(11-9-21)28-14-3-4-15-28/h3-11,14-15,22H,12-13,16-18H2,1-2H3,(H,27,30). The quantitative estimate of drug-likeness (QED) is 0.644. The third kappa shape index (κ3) is 5.02. The van der Waals surface area contributed by atoms with Gasteiger partial charge >= 0.3 is 0 Å². The minimum atomic E-state index is -0.128. The molecule has 3 aromatic rings. The summed E-state index contributed by atoms with van der Waals surface area (Å²) in [5.41, 5.74) is 3.90. The molecule has 0 atom stereocenters. The van der Waals surface area contributed by atoms with Gasteiger partial charge in [-0.2, -0.15) is 0 Å². The summed E-state index contributed by atoms with van der Waals surface area (Å²) in [6, 6.07) is 17.5. The predicted octanol–water partition coefficient (Wildman–Crippen LogP) is 3.89. The molecule has 0 bridgehead atoms. The van der Waals surface area contributed by atoms with Crippen LogP contribution in [-0.2, 0) is 4.79 Å². The summed E-state index contributed by atoms with van der Waals surface area (Å²) in [6.07, 6.45) is 5.43. The number of nitrogens with zero attached hydrogens (tertiary/aromatic N) is 2. The second-order valence-electron chi connectivity index (χ2n) is 8.26. The van der Waals surface area contributed by atoms with Crippen LogP contribution in [0.5, 0.6) is 5.75 Å². The van der Waals surface area contributed by atoms with Crippen molar-refractivity contribution in [2.45, 2.75) is 32.7 Å². The van der Waals surface area contributed by atoms with Gasteiger partial charge in [-0.25, -0.2) is 0 Å². The molecule has 0 aliphatic carbocycles. The highest BCUT2D eigenvalue weighted by molar-refractivity contribution is 5.94. The molecule has 1 saturated heterocycles. The van der Waals surface area contributed by atoms with Crippen LogP contribution in [0.4, 0.5) is 0 Å². The Morgan fingerprint density at radius 3 is 2.34 bits per heavy atom. The summed E-state index contributed by atoms with van der Waals surface area (Å²) in [6.45, 7) is 5.26. The van der Waals surface area contributed by atoms with E-state index in [2.05, 4.69) is 5.32 Å². The average molecular weight is 432 g/mol. The second-order valence-corrected chi connectivity index (χ2v) is 8.26. The number of carbonyl (C=O) groups excluding carboxylic acids is 2. The molecule has 1 aliphatic rings. The largest absolute Gasteiger partial charge is 0.483 e. The van der Waals surface area contributed by atoms with E-state index in [9.17, 15) is 9.59 Å². The van der Waals surface area contributed by atoms with Crippen molar-refractivity contribution >= 4 is 11.8 Å². The van der Waals surface area contributed by atoms with Crippen LogP contribution in [0, 0.1) is 13.8 Å². The van der Waals surface area contributed by atoms with E-state index < -0.39 is 0 Å². The summed E-state index contributed by atoms with van der Waals surface area (Å²) >= 11 is 0. The van der Waals surface area contributed by atoms with Gasteiger partial charge < -0.3 is 19.5 Å². The molecule has 2 aromatic carbocycles. The fourth-order valence-electron chi connectivity index (χ4n) is 3.99. The molecule has 1 fully saturated rings. The molecule has 6 nitrogen and oxygen atoms in total. The smallest absolute Gasteiger partial charge is 0.258 e. The van der Waals surface area contributed by atoms with Crippen LogP contribution < -0.4 is 10.1 Å². The van der Waals surface area contributed by atoms with E-state index in [1.807, 2.05) is 90.3 Å². The highest BCUT2D eigenvalue weighted by atomic mass is 16.5. The predicted molar refractivity (Wildman–Crippen MR) is 124 cm³/mol. The second kappa shape index (κ2) is 9.73. The Morgan fingerprint density at radius 1 is 0.969 bits per heavy atom. The minimum Gasteiger partial charge on any atom is -0.483 e. The highest BCUT2D eigenvalue weighted by Gasteiger charge is 2.24. The van der Waals surface area contributed by atoms with E-state index in [1.165, 1.54) is 0 Å². The fourth-order valence-corrected chi connectivity index (χ4v) is 3.99. The number of aryl methyl sites for hydroxylation is 1. The number of hydrogen-bond donors (Lipinski definition) is 1. The number of nitrogens with one attached hydrogen (secondary N) is 1. The van der Waals surface area contributed by atoms with Gasteiger partial charge in [-0.15, -0.1) is 0 Å². The third-order valence-corrected chi connectivity index (χ3v) is 6.08. The first-order chi connectivity index (χ1) is 15.5. The monoisotopic (exact) mass is 431 g/mol. The van der Waals surface area contributed by atoms with Crippen LogP contribution in [0.3, 0.4) is 0 Å². The Morgan fingerprint density at radius 2 is 1.66 bits per heavy atom. The van der Waals surface area contributed by atoms with Gasteiger partial charge in [0.2, 0.25) is 0 Å². The van der Waals surface area contributed by atoms with E-state index in [4.69, 9.17) is 4.74 Å². The molecule has 1 N–H and O–H groups in total. The van der Waals surface area contributed by atoms with Gasteiger partial charge in [0, 0.05) is 42.8 Å². The molecule has 0 spiro atoms. The Kier molecular flexibility index (Phi) is 6.59. The van der Waals surface area contributed by atoms with E-state index in [0.717, 1.165) is 35.4 Å². The van der Waals surface area contributed by atoms with Gasteiger partial charge in [-0.3, -0.25) is 9.59 Å². The first-order valence-corrected chi connectivity index (χ1v) is 11.0. The van der Waals surface area contributed by atoms with Crippen LogP contribution in [0.1, 0.15) is 34.3 Å². The number of rotatable bonds is 6. The van der Waals surface area contributed by atoms with Gasteiger partial charge in [0.05, 0.1) is 0 Å². The number of amides is 2. The third-order valence-electron chi connectivity index (χ3n) is 6.08. The minimum absolute atomic E-state index is 0.00280. The molecular formula is C26H29N3O3. The zero-order chi connectivity index (χ0) is 22.5. The normalized spacial score (nSPS) is 14.2. The Hall–Kier alpha value is -3.54. The number of hydrogen-bond acceptors (Lipinski definition) is 3. The molecule has 2 heterocycles. The molecule has 0 saturated carbocycles. The summed E-state index contributed by atoms with van der Waals surface area (Å²) in [7, 11) is 0. The van der Waals surface area contributed by atoms with Crippen molar-refractivity contribution in [3.05, 3.63) is 83.7 Å². The molecule has 1 aliphatic heterocycles. The van der Waals surface area contributed by atoms with Crippen molar-refractivity contribution in [2.24, 2.45) is 0 Å². The summed E-state index contributed by atoms with van der Waals surface area (Å²) in [5.74, 6) is 0.645. The van der Waals surface area contributed by atoms with Gasteiger partial charge in [-0.1, -0.05) is 12.1 Å². The van der Waals surface area contributed by atoms with E-state index >= 15 is 0 Å². The highest BCUT2D eigenvalue weighted by Crippen LogP contribution is 2.20. The molecule has 0 unspecified atom stereocenters. The lowest BCUT2D eigenvalue weighted by atomic mass is 10.0. The Bertz CT molecular complexity index is 1070. The molecule has 32 heavy (non-hydrogen) atoms. The number of benzene rings is 2. The Labute approximate surface area is 188 Å². The van der Waals surface area contributed by atoms with Gasteiger partial charge in [-0.05, 0) is 80.3 Å². The number of likely N-dealkylation sites (tertiary alicyclic amines) is 1. The van der Waals surface area contributed by atoms with E-state index in [0.29, 0.717) is 18.7 Å². The Balaban J connectivity index is 1.24. The number of aromatic nitrogens is 1. The van der Waals surface area contributed by atoms with E-state index in [-0.39, 0.29) is 24.5 Å². The SMILES string of the molecule is Cc1cccc(OCC(=O)NC2CCN(C(=O)c3ccc(-n4cccc4)cc3)CC2)c1C. The number of ether oxygens (including phenoxy) is 1. The lowest BCUT2D eigenvalue weighted by Gasteiger charge is -2.32. The van der Waals surface area contributed by atoms with Crippen molar-refractivity contribution in [3.8, 4) is 11.4 Å². The number of carbonyl (C=O) groups is 2. The van der Waals surface area contributed by atoms with Crippen molar-refractivity contribution in [3.63, 3.8) is 0 Å². The maximum atomic E-state index is 12.9. The molecule has 1 aromatic heterocycles. The summed E-state index contributed by atoms with van der Waals surface area (Å²) in [5, 5.41) is 3.04. The van der Waals surface area contributed by atoms with Crippen LogP contribution >= 0.6 is 0 Å². The van der Waals surface area contributed by atoms with Crippen molar-refractivity contribution in [1.29, 1.82) is 0 Å².